The number of piperidine rings is 1. The highest BCUT2D eigenvalue weighted by Gasteiger charge is 2.29. The molecular weight excluding hydrogens is 384 g/mol. The van der Waals surface area contributed by atoms with E-state index in [0.717, 1.165) is 18.4 Å². The summed E-state index contributed by atoms with van der Waals surface area (Å²) in [7, 11) is -4.02. The first kappa shape index (κ1) is 24.4. The molecule has 8 nitrogen and oxygen atoms in total. The minimum atomic E-state index is -4.02. The van der Waals surface area contributed by atoms with Crippen LogP contribution in [0, 0.1) is 12.8 Å². The number of aliphatic hydroxyl groups is 1. The highest BCUT2D eigenvalue weighted by atomic mass is 32.2. The Bertz CT molecular complexity index is 720. The summed E-state index contributed by atoms with van der Waals surface area (Å²) in [6.45, 7) is 8.97. The Labute approximate surface area is 167 Å². The van der Waals surface area contributed by atoms with E-state index in [1.165, 1.54) is 12.1 Å². The average Bonchev–Trinajstić information content (AvgIpc) is 2.60. The predicted octanol–water partition coefficient (Wildman–Crippen LogP) is 2.19. The SMILES string of the molecule is CC(C)(C)OC(=O)N1CCC(C(O)CN)CC1.Cc1ccc(S(=O)(=O)O)cc1. The Kier molecular flexibility index (Phi) is 8.87. The van der Waals surface area contributed by atoms with Gasteiger partial charge in [0.15, 0.2) is 0 Å². The van der Waals surface area contributed by atoms with Gasteiger partial charge in [-0.2, -0.15) is 8.42 Å². The first-order valence-electron chi connectivity index (χ1n) is 9.23. The van der Waals surface area contributed by atoms with E-state index < -0.39 is 21.8 Å². The van der Waals surface area contributed by atoms with Crippen LogP contribution in [-0.2, 0) is 14.9 Å². The number of nitrogens with two attached hydrogens (primary N) is 1. The Morgan fingerprint density at radius 2 is 1.75 bits per heavy atom. The smallest absolute Gasteiger partial charge is 0.410 e. The van der Waals surface area contributed by atoms with E-state index in [9.17, 15) is 18.3 Å². The van der Waals surface area contributed by atoms with Gasteiger partial charge in [-0.15, -0.1) is 0 Å². The number of hydrogen-bond acceptors (Lipinski definition) is 6. The van der Waals surface area contributed by atoms with Gasteiger partial charge in [0.1, 0.15) is 5.60 Å². The maximum Gasteiger partial charge on any atom is 0.410 e. The van der Waals surface area contributed by atoms with Gasteiger partial charge in [-0.05, 0) is 58.6 Å². The summed E-state index contributed by atoms with van der Waals surface area (Å²) in [6.07, 6.45) is 0.865. The molecule has 1 heterocycles. The van der Waals surface area contributed by atoms with Gasteiger partial charge in [-0.1, -0.05) is 17.7 Å². The monoisotopic (exact) mass is 416 g/mol. The van der Waals surface area contributed by atoms with Crippen LogP contribution in [0.1, 0.15) is 39.2 Å². The lowest BCUT2D eigenvalue weighted by atomic mass is 9.91. The van der Waals surface area contributed by atoms with Crippen LogP contribution in [-0.4, -0.2) is 60.4 Å². The molecule has 9 heteroatoms. The lowest BCUT2D eigenvalue weighted by molar-refractivity contribution is 0.00902. The molecule has 160 valence electrons. The molecule has 0 aliphatic carbocycles. The molecule has 2 rings (SSSR count). The van der Waals surface area contributed by atoms with Crippen molar-refractivity contribution in [2.24, 2.45) is 11.7 Å². The Balaban J connectivity index is 0.000000307. The van der Waals surface area contributed by atoms with Crippen molar-refractivity contribution in [3.8, 4) is 0 Å². The summed E-state index contributed by atoms with van der Waals surface area (Å²) in [5.74, 6) is 0.207. The molecular formula is C19H32N2O6S. The molecule has 1 aliphatic heterocycles. The highest BCUT2D eigenvalue weighted by molar-refractivity contribution is 7.85. The van der Waals surface area contributed by atoms with E-state index in [1.54, 1.807) is 17.0 Å². The lowest BCUT2D eigenvalue weighted by Crippen LogP contribution is -2.44. The molecule has 1 aromatic rings. The first-order valence-corrected chi connectivity index (χ1v) is 10.7. The summed E-state index contributed by atoms with van der Waals surface area (Å²) >= 11 is 0. The van der Waals surface area contributed by atoms with Crippen molar-refractivity contribution in [3.05, 3.63) is 29.8 Å². The molecule has 1 unspecified atom stereocenters. The molecule has 4 N–H and O–H groups in total. The second-order valence-electron chi connectivity index (χ2n) is 7.90. The van der Waals surface area contributed by atoms with E-state index in [-0.39, 0.29) is 23.5 Å². The number of benzene rings is 1. The number of ether oxygens (including phenoxy) is 1. The Morgan fingerprint density at radius 1 is 1.25 bits per heavy atom. The second-order valence-corrected chi connectivity index (χ2v) is 9.32. The van der Waals surface area contributed by atoms with Crippen molar-refractivity contribution in [3.63, 3.8) is 0 Å². The van der Waals surface area contributed by atoms with E-state index in [0.29, 0.717) is 13.1 Å². The number of carbonyl (C=O) groups is 1. The van der Waals surface area contributed by atoms with Crippen molar-refractivity contribution < 1.29 is 27.6 Å². The minimum absolute atomic E-state index is 0.0666. The summed E-state index contributed by atoms with van der Waals surface area (Å²) in [4.78, 5) is 13.4. The fourth-order valence-corrected chi connectivity index (χ4v) is 3.18. The third-order valence-electron chi connectivity index (χ3n) is 4.30. The highest BCUT2D eigenvalue weighted by Crippen LogP contribution is 2.22. The summed E-state index contributed by atoms with van der Waals surface area (Å²) in [5, 5.41) is 9.63. The van der Waals surface area contributed by atoms with Crippen molar-refractivity contribution in [2.75, 3.05) is 19.6 Å². The van der Waals surface area contributed by atoms with Crippen LogP contribution in [0.5, 0.6) is 0 Å². The van der Waals surface area contributed by atoms with Crippen LogP contribution in [0.3, 0.4) is 0 Å². The molecule has 0 aromatic heterocycles. The largest absolute Gasteiger partial charge is 0.444 e. The quantitative estimate of drug-likeness (QED) is 0.644. The number of aryl methyl sites for hydroxylation is 1. The zero-order valence-electron chi connectivity index (χ0n) is 17.0. The van der Waals surface area contributed by atoms with Crippen LogP contribution in [0.4, 0.5) is 4.79 Å². The van der Waals surface area contributed by atoms with Gasteiger partial charge in [-0.3, -0.25) is 4.55 Å². The summed E-state index contributed by atoms with van der Waals surface area (Å²) in [6, 6.07) is 5.99. The van der Waals surface area contributed by atoms with Crippen molar-refractivity contribution in [2.45, 2.75) is 57.1 Å². The fourth-order valence-electron chi connectivity index (χ4n) is 2.70. The summed E-state index contributed by atoms with van der Waals surface area (Å²) < 4.78 is 34.9. The van der Waals surface area contributed by atoms with Gasteiger partial charge in [-0.25, -0.2) is 4.79 Å². The number of amides is 1. The molecule has 1 aliphatic rings. The predicted molar refractivity (Wildman–Crippen MR) is 107 cm³/mol. The molecule has 1 atom stereocenters. The minimum Gasteiger partial charge on any atom is -0.444 e. The maximum atomic E-state index is 11.8. The number of carbonyl (C=O) groups excluding carboxylic acids is 1. The molecule has 1 fully saturated rings. The van der Waals surface area contributed by atoms with Crippen molar-refractivity contribution >= 4 is 16.2 Å². The molecule has 0 spiro atoms. The van der Waals surface area contributed by atoms with Crippen LogP contribution >= 0.6 is 0 Å². The first-order chi connectivity index (χ1) is 12.8. The molecule has 1 amide bonds. The van der Waals surface area contributed by atoms with E-state index in [2.05, 4.69) is 0 Å². The maximum absolute atomic E-state index is 11.8. The molecule has 28 heavy (non-hydrogen) atoms. The lowest BCUT2D eigenvalue weighted by Gasteiger charge is -2.34. The van der Waals surface area contributed by atoms with Gasteiger partial charge in [0.2, 0.25) is 0 Å². The molecule has 0 saturated carbocycles. The van der Waals surface area contributed by atoms with Gasteiger partial charge in [0, 0.05) is 19.6 Å². The number of hydrogen-bond donors (Lipinski definition) is 3. The molecule has 1 aromatic carbocycles. The zero-order valence-corrected chi connectivity index (χ0v) is 17.8. The topological polar surface area (TPSA) is 130 Å². The Hall–Kier alpha value is -1.68. The molecule has 0 radical (unpaired) electrons. The normalized spacial score (nSPS) is 16.8. The van der Waals surface area contributed by atoms with E-state index in [1.807, 2.05) is 27.7 Å². The summed E-state index contributed by atoms with van der Waals surface area (Å²) in [5.41, 5.74) is 5.93. The van der Waals surface area contributed by atoms with E-state index in [4.69, 9.17) is 15.0 Å². The second kappa shape index (κ2) is 10.2. The van der Waals surface area contributed by atoms with Gasteiger partial charge in [0.25, 0.3) is 10.1 Å². The third kappa shape index (κ3) is 8.55. The van der Waals surface area contributed by atoms with Crippen LogP contribution in [0.2, 0.25) is 0 Å². The number of likely N-dealkylation sites (tertiary alicyclic amines) is 1. The standard InChI is InChI=1S/C12H24N2O3.C7H8O3S/c1-12(2,3)17-11(16)14-6-4-9(5-7-14)10(15)8-13;1-6-2-4-7(5-3-6)11(8,9)10/h9-10,15H,4-8,13H2,1-3H3;2-5H,1H3,(H,8,9,10). The fraction of sp³-hybridized carbons (Fsp3) is 0.632. The Morgan fingerprint density at radius 3 is 2.14 bits per heavy atom. The van der Waals surface area contributed by atoms with Crippen molar-refractivity contribution in [1.29, 1.82) is 0 Å². The third-order valence-corrected chi connectivity index (χ3v) is 5.16. The number of nitrogens with zero attached hydrogens (tertiary/aromatic N) is 1. The van der Waals surface area contributed by atoms with Crippen molar-refractivity contribution in [1.82, 2.24) is 4.90 Å². The van der Waals surface area contributed by atoms with Crippen LogP contribution in [0.15, 0.2) is 29.2 Å². The molecule has 1 saturated heterocycles. The number of aliphatic hydroxyl groups excluding tert-OH is 1. The van der Waals surface area contributed by atoms with Crippen LogP contribution in [0.25, 0.3) is 0 Å². The van der Waals surface area contributed by atoms with Gasteiger partial charge < -0.3 is 20.5 Å². The average molecular weight is 417 g/mol. The molecule has 0 bridgehead atoms. The van der Waals surface area contributed by atoms with Gasteiger partial charge >= 0.3 is 6.09 Å². The van der Waals surface area contributed by atoms with E-state index >= 15 is 0 Å². The van der Waals surface area contributed by atoms with Gasteiger partial charge in [0.05, 0.1) is 11.0 Å². The number of rotatable bonds is 3. The zero-order chi connectivity index (χ0) is 21.5. The van der Waals surface area contributed by atoms with Crippen LogP contribution < -0.4 is 5.73 Å².